The Morgan fingerprint density at radius 1 is 1.06 bits per heavy atom. The average Bonchev–Trinajstić information content (AvgIpc) is 2.69. The standard InChI is InChI=1S/C22H34N4O4S/c1-25(17-7-6-8-17)22(28)20(23)15-11-13-16(14-12-15)21(27)26(2)19-10-5-4-9-18(19)24-31(3,29)30/h4-5,9-10,15-17,20,24H,6-8,11-14,23H2,1-3H3/t15?,16?,20-/m0/s1. The first-order valence-corrected chi connectivity index (χ1v) is 12.8. The summed E-state index contributed by atoms with van der Waals surface area (Å²) in [5, 5.41) is 0. The van der Waals surface area contributed by atoms with Gasteiger partial charge in [0.05, 0.1) is 23.7 Å². The number of anilines is 2. The normalized spacial score (nSPS) is 22.8. The second kappa shape index (κ2) is 9.56. The van der Waals surface area contributed by atoms with Crippen molar-refractivity contribution in [3.05, 3.63) is 24.3 Å². The van der Waals surface area contributed by atoms with E-state index in [9.17, 15) is 18.0 Å². The van der Waals surface area contributed by atoms with Crippen molar-refractivity contribution in [2.24, 2.45) is 17.6 Å². The Bertz CT molecular complexity index is 908. The molecule has 0 heterocycles. The quantitative estimate of drug-likeness (QED) is 0.661. The summed E-state index contributed by atoms with van der Waals surface area (Å²) in [5.74, 6) is -0.118. The molecule has 0 bridgehead atoms. The Morgan fingerprint density at radius 3 is 2.23 bits per heavy atom. The molecule has 1 aromatic rings. The van der Waals surface area contributed by atoms with Crippen molar-refractivity contribution in [3.63, 3.8) is 0 Å². The van der Waals surface area contributed by atoms with Gasteiger partial charge in [0.1, 0.15) is 0 Å². The van der Waals surface area contributed by atoms with Gasteiger partial charge < -0.3 is 15.5 Å². The Balaban J connectivity index is 1.59. The zero-order valence-electron chi connectivity index (χ0n) is 18.6. The fourth-order valence-corrected chi connectivity index (χ4v) is 5.13. The van der Waals surface area contributed by atoms with Gasteiger partial charge in [-0.2, -0.15) is 0 Å². The van der Waals surface area contributed by atoms with Gasteiger partial charge in [0, 0.05) is 26.1 Å². The summed E-state index contributed by atoms with van der Waals surface area (Å²) in [7, 11) is 0.0544. The van der Waals surface area contributed by atoms with Crippen molar-refractivity contribution in [3.8, 4) is 0 Å². The molecule has 172 valence electrons. The second-order valence-corrected chi connectivity index (χ2v) is 10.7. The van der Waals surface area contributed by atoms with E-state index in [0.717, 1.165) is 31.9 Å². The number of rotatable bonds is 7. The summed E-state index contributed by atoms with van der Waals surface area (Å²) in [6.45, 7) is 0. The maximum absolute atomic E-state index is 13.1. The van der Waals surface area contributed by atoms with Gasteiger partial charge in [-0.15, -0.1) is 0 Å². The van der Waals surface area contributed by atoms with Crippen LogP contribution in [0.25, 0.3) is 0 Å². The molecule has 2 amide bonds. The second-order valence-electron chi connectivity index (χ2n) is 8.96. The highest BCUT2D eigenvalue weighted by molar-refractivity contribution is 7.92. The molecule has 2 aliphatic carbocycles. The van der Waals surface area contributed by atoms with E-state index in [1.54, 1.807) is 31.3 Å². The van der Waals surface area contributed by atoms with E-state index < -0.39 is 16.1 Å². The highest BCUT2D eigenvalue weighted by atomic mass is 32.2. The molecule has 8 nitrogen and oxygen atoms in total. The smallest absolute Gasteiger partial charge is 0.239 e. The Hall–Kier alpha value is -2.13. The van der Waals surface area contributed by atoms with Crippen LogP contribution in [0.15, 0.2) is 24.3 Å². The van der Waals surface area contributed by atoms with E-state index in [-0.39, 0.29) is 23.7 Å². The van der Waals surface area contributed by atoms with Crippen LogP contribution in [0.2, 0.25) is 0 Å². The molecule has 0 unspecified atom stereocenters. The largest absolute Gasteiger partial charge is 0.341 e. The van der Waals surface area contributed by atoms with Crippen molar-refractivity contribution < 1.29 is 18.0 Å². The number of sulfonamides is 1. The van der Waals surface area contributed by atoms with Crippen molar-refractivity contribution >= 4 is 33.2 Å². The summed E-state index contributed by atoms with van der Waals surface area (Å²) in [5.41, 5.74) is 7.21. The van der Waals surface area contributed by atoms with Crippen LogP contribution < -0.4 is 15.4 Å². The summed E-state index contributed by atoms with van der Waals surface area (Å²) >= 11 is 0. The van der Waals surface area contributed by atoms with Crippen LogP contribution in [0.3, 0.4) is 0 Å². The predicted octanol–water partition coefficient (Wildman–Crippen LogP) is 2.17. The van der Waals surface area contributed by atoms with Crippen LogP contribution in [-0.2, 0) is 19.6 Å². The van der Waals surface area contributed by atoms with Gasteiger partial charge in [0.2, 0.25) is 21.8 Å². The van der Waals surface area contributed by atoms with Gasteiger partial charge in [0.15, 0.2) is 0 Å². The number of hydrogen-bond acceptors (Lipinski definition) is 5. The Labute approximate surface area is 185 Å². The minimum Gasteiger partial charge on any atom is -0.341 e. The maximum atomic E-state index is 13.1. The molecule has 1 aromatic carbocycles. The lowest BCUT2D eigenvalue weighted by Gasteiger charge is -2.39. The van der Waals surface area contributed by atoms with Gasteiger partial charge in [-0.05, 0) is 63.0 Å². The third-order valence-electron chi connectivity index (χ3n) is 6.78. The first-order chi connectivity index (χ1) is 14.6. The summed E-state index contributed by atoms with van der Waals surface area (Å²) < 4.78 is 25.8. The van der Waals surface area contributed by atoms with Crippen LogP contribution >= 0.6 is 0 Å². The number of hydrogen-bond donors (Lipinski definition) is 2. The third kappa shape index (κ3) is 5.57. The minimum absolute atomic E-state index is 0.0115. The van der Waals surface area contributed by atoms with E-state index in [1.807, 2.05) is 11.9 Å². The molecular weight excluding hydrogens is 416 g/mol. The first-order valence-electron chi connectivity index (χ1n) is 10.9. The van der Waals surface area contributed by atoms with E-state index >= 15 is 0 Å². The van der Waals surface area contributed by atoms with Crippen LogP contribution in [0.1, 0.15) is 44.9 Å². The topological polar surface area (TPSA) is 113 Å². The van der Waals surface area contributed by atoms with Crippen molar-refractivity contribution in [2.45, 2.75) is 57.0 Å². The predicted molar refractivity (Wildman–Crippen MR) is 122 cm³/mol. The number of benzene rings is 1. The zero-order valence-corrected chi connectivity index (χ0v) is 19.4. The number of carbonyl (C=O) groups is 2. The van der Waals surface area contributed by atoms with Crippen LogP contribution in [0.5, 0.6) is 0 Å². The number of carbonyl (C=O) groups excluding carboxylic acids is 2. The number of nitrogens with one attached hydrogen (secondary N) is 1. The van der Waals surface area contributed by atoms with Crippen LogP contribution in [0, 0.1) is 11.8 Å². The van der Waals surface area contributed by atoms with Gasteiger partial charge in [0.25, 0.3) is 0 Å². The molecule has 0 spiro atoms. The Kier molecular flexibility index (Phi) is 7.26. The van der Waals surface area contributed by atoms with Crippen LogP contribution in [0.4, 0.5) is 11.4 Å². The lowest BCUT2D eigenvalue weighted by molar-refractivity contribution is -0.136. The molecule has 1 atom stereocenters. The summed E-state index contributed by atoms with van der Waals surface area (Å²) in [4.78, 5) is 29.2. The molecule has 0 aliphatic heterocycles. The number of likely N-dealkylation sites (N-methyl/N-ethyl adjacent to an activating group) is 1. The average molecular weight is 451 g/mol. The van der Waals surface area contributed by atoms with E-state index in [1.165, 1.54) is 11.3 Å². The highest BCUT2D eigenvalue weighted by Crippen LogP contribution is 2.35. The molecule has 0 radical (unpaired) electrons. The monoisotopic (exact) mass is 450 g/mol. The van der Waals surface area contributed by atoms with Crippen LogP contribution in [-0.4, -0.2) is 57.6 Å². The maximum Gasteiger partial charge on any atom is 0.239 e. The molecule has 3 N–H and O–H groups in total. The van der Waals surface area contributed by atoms with E-state index in [0.29, 0.717) is 30.3 Å². The minimum atomic E-state index is -3.46. The Morgan fingerprint density at radius 2 is 1.68 bits per heavy atom. The molecule has 0 aromatic heterocycles. The zero-order chi connectivity index (χ0) is 22.8. The number of amides is 2. The van der Waals surface area contributed by atoms with Crippen molar-refractivity contribution in [2.75, 3.05) is 30.0 Å². The molecule has 2 aliphatic rings. The molecule has 0 saturated heterocycles. The summed E-state index contributed by atoms with van der Waals surface area (Å²) in [6.07, 6.45) is 7.17. The van der Waals surface area contributed by atoms with Gasteiger partial charge in [-0.25, -0.2) is 8.42 Å². The molecule has 2 saturated carbocycles. The van der Waals surface area contributed by atoms with Crippen molar-refractivity contribution in [1.82, 2.24) is 4.90 Å². The van der Waals surface area contributed by atoms with Gasteiger partial charge in [-0.1, -0.05) is 12.1 Å². The van der Waals surface area contributed by atoms with E-state index in [2.05, 4.69) is 4.72 Å². The first kappa shape index (κ1) is 23.5. The fourth-order valence-electron chi connectivity index (χ4n) is 4.56. The molecule has 2 fully saturated rings. The van der Waals surface area contributed by atoms with Gasteiger partial charge >= 0.3 is 0 Å². The van der Waals surface area contributed by atoms with Crippen molar-refractivity contribution in [1.29, 1.82) is 0 Å². The van der Waals surface area contributed by atoms with Gasteiger partial charge in [-0.3, -0.25) is 14.3 Å². The van der Waals surface area contributed by atoms with E-state index in [4.69, 9.17) is 5.73 Å². The lowest BCUT2D eigenvalue weighted by atomic mass is 9.77. The number of nitrogens with two attached hydrogens (primary N) is 1. The number of nitrogens with zero attached hydrogens (tertiary/aromatic N) is 2. The molecular formula is C22H34N4O4S. The lowest BCUT2D eigenvalue weighted by Crippen LogP contribution is -2.52. The summed E-state index contributed by atoms with van der Waals surface area (Å²) in [6, 6.07) is 6.67. The molecule has 9 heteroatoms. The SMILES string of the molecule is CN(C(=O)C1CCC([C@H](N)C(=O)N(C)C2CCC2)CC1)c1ccccc1NS(C)(=O)=O. The fraction of sp³-hybridized carbons (Fsp3) is 0.636. The third-order valence-corrected chi connectivity index (χ3v) is 7.37. The number of para-hydroxylation sites is 2. The molecule has 3 rings (SSSR count). The molecule has 31 heavy (non-hydrogen) atoms. The highest BCUT2D eigenvalue weighted by Gasteiger charge is 2.36.